The van der Waals surface area contributed by atoms with Crippen molar-refractivity contribution >= 4 is 34.5 Å². The number of halogens is 1. The molecule has 1 unspecified atom stereocenters. The van der Waals surface area contributed by atoms with E-state index in [1.807, 2.05) is 36.4 Å². The number of thiol groups is 1. The second kappa shape index (κ2) is 6.12. The van der Waals surface area contributed by atoms with Gasteiger partial charge in [-0.2, -0.15) is 0 Å². The van der Waals surface area contributed by atoms with Crippen LogP contribution in [0, 0.1) is 0 Å². The van der Waals surface area contributed by atoms with Crippen molar-refractivity contribution in [1.82, 2.24) is 5.32 Å². The van der Waals surface area contributed by atoms with Gasteiger partial charge in [0.2, 0.25) is 0 Å². The van der Waals surface area contributed by atoms with Crippen LogP contribution >= 0.6 is 28.6 Å². The molecule has 5 heteroatoms. The first-order chi connectivity index (χ1) is 10.1. The van der Waals surface area contributed by atoms with Crippen LogP contribution in [0.15, 0.2) is 51.8 Å². The minimum atomic E-state index is -0.112. The summed E-state index contributed by atoms with van der Waals surface area (Å²) in [5, 5.41) is 3.08. The maximum Gasteiger partial charge on any atom is 0.252 e. The van der Waals surface area contributed by atoms with Crippen LogP contribution in [-0.2, 0) is 0 Å². The third-order valence-electron chi connectivity index (χ3n) is 3.46. The topological polar surface area (TPSA) is 38.3 Å². The Morgan fingerprint density at radius 3 is 2.95 bits per heavy atom. The summed E-state index contributed by atoms with van der Waals surface area (Å²) in [4.78, 5) is 13.2. The van der Waals surface area contributed by atoms with E-state index in [2.05, 4.69) is 33.9 Å². The first-order valence-electron chi connectivity index (χ1n) is 6.66. The van der Waals surface area contributed by atoms with E-state index in [1.165, 1.54) is 0 Å². The van der Waals surface area contributed by atoms with Crippen molar-refractivity contribution in [3.05, 3.63) is 58.1 Å². The van der Waals surface area contributed by atoms with Gasteiger partial charge in [-0.1, -0.05) is 18.2 Å². The summed E-state index contributed by atoms with van der Waals surface area (Å²) in [5.74, 6) is 0.732. The third kappa shape index (κ3) is 3.09. The highest BCUT2D eigenvalue weighted by Gasteiger charge is 2.23. The quantitative estimate of drug-likeness (QED) is 0.791. The largest absolute Gasteiger partial charge is 0.493 e. The first-order valence-corrected chi connectivity index (χ1v) is 7.90. The van der Waals surface area contributed by atoms with Gasteiger partial charge in [0.05, 0.1) is 18.2 Å². The van der Waals surface area contributed by atoms with Gasteiger partial charge in [-0.15, -0.1) is 12.6 Å². The summed E-state index contributed by atoms with van der Waals surface area (Å²) < 4.78 is 6.37. The summed E-state index contributed by atoms with van der Waals surface area (Å²) in [6.07, 6.45) is 0.765. The number of hydrogen-bond donors (Lipinski definition) is 2. The maximum absolute atomic E-state index is 12.5. The lowest BCUT2D eigenvalue weighted by Crippen LogP contribution is -2.32. The van der Waals surface area contributed by atoms with Crippen molar-refractivity contribution in [3.63, 3.8) is 0 Å². The molecule has 1 aliphatic rings. The zero-order valence-electron chi connectivity index (χ0n) is 11.2. The highest BCUT2D eigenvalue weighted by molar-refractivity contribution is 9.10. The number of benzene rings is 2. The Balaban J connectivity index is 1.84. The zero-order chi connectivity index (χ0) is 14.8. The summed E-state index contributed by atoms with van der Waals surface area (Å²) in [6.45, 7) is 0.607. The van der Waals surface area contributed by atoms with E-state index >= 15 is 0 Å². The molecule has 1 N–H and O–H groups in total. The van der Waals surface area contributed by atoms with Crippen LogP contribution in [0.5, 0.6) is 5.75 Å². The van der Waals surface area contributed by atoms with Gasteiger partial charge in [-0.05, 0) is 40.2 Å². The molecule has 2 aromatic carbocycles. The van der Waals surface area contributed by atoms with Gasteiger partial charge in [-0.25, -0.2) is 0 Å². The number of amides is 1. The molecule has 1 aliphatic heterocycles. The Bertz CT molecular complexity index is 690. The number of hydrogen-bond acceptors (Lipinski definition) is 3. The van der Waals surface area contributed by atoms with Crippen molar-refractivity contribution in [2.75, 3.05) is 6.61 Å². The van der Waals surface area contributed by atoms with Gasteiger partial charge >= 0.3 is 0 Å². The Kier molecular flexibility index (Phi) is 4.22. The molecule has 0 fully saturated rings. The molecule has 0 aliphatic carbocycles. The zero-order valence-corrected chi connectivity index (χ0v) is 13.7. The second-order valence-electron chi connectivity index (χ2n) is 4.87. The molecule has 1 heterocycles. The molecule has 0 saturated heterocycles. The highest BCUT2D eigenvalue weighted by Crippen LogP contribution is 2.32. The summed E-state index contributed by atoms with van der Waals surface area (Å²) in [6, 6.07) is 13.2. The number of carbonyl (C=O) groups is 1. The van der Waals surface area contributed by atoms with Gasteiger partial charge < -0.3 is 10.1 Å². The maximum atomic E-state index is 12.5. The molecule has 0 aromatic heterocycles. The SMILES string of the molecule is O=C(NC1CCOc2ccccc21)c1cc(S)ccc1Br. The molecule has 1 atom stereocenters. The number of para-hydroxylation sites is 1. The summed E-state index contributed by atoms with van der Waals surface area (Å²) >= 11 is 7.69. The van der Waals surface area contributed by atoms with Gasteiger partial charge in [-0.3, -0.25) is 4.79 Å². The normalized spacial score (nSPS) is 16.8. The lowest BCUT2D eigenvalue weighted by molar-refractivity contribution is 0.0924. The number of fused-ring (bicyclic) bond motifs is 1. The van der Waals surface area contributed by atoms with Crippen LogP contribution in [-0.4, -0.2) is 12.5 Å². The average Bonchev–Trinajstić information content (AvgIpc) is 2.50. The van der Waals surface area contributed by atoms with E-state index in [0.29, 0.717) is 12.2 Å². The van der Waals surface area contributed by atoms with Crippen molar-refractivity contribution in [2.45, 2.75) is 17.4 Å². The molecule has 0 radical (unpaired) electrons. The Labute approximate surface area is 137 Å². The fourth-order valence-corrected chi connectivity index (χ4v) is 3.05. The molecule has 108 valence electrons. The number of rotatable bonds is 2. The monoisotopic (exact) mass is 363 g/mol. The molecule has 21 heavy (non-hydrogen) atoms. The molecule has 0 spiro atoms. The van der Waals surface area contributed by atoms with Gasteiger partial charge in [0.15, 0.2) is 0 Å². The fourth-order valence-electron chi connectivity index (χ4n) is 2.42. The van der Waals surface area contributed by atoms with Crippen LogP contribution < -0.4 is 10.1 Å². The molecule has 2 aromatic rings. The van der Waals surface area contributed by atoms with E-state index in [9.17, 15) is 4.79 Å². The molecule has 0 saturated carbocycles. The van der Waals surface area contributed by atoms with Crippen LogP contribution in [0.3, 0.4) is 0 Å². The second-order valence-corrected chi connectivity index (χ2v) is 6.24. The summed E-state index contributed by atoms with van der Waals surface area (Å²) in [5.41, 5.74) is 1.61. The lowest BCUT2D eigenvalue weighted by atomic mass is 10.00. The smallest absolute Gasteiger partial charge is 0.252 e. The molecular weight excluding hydrogens is 350 g/mol. The van der Waals surface area contributed by atoms with Crippen molar-refractivity contribution in [3.8, 4) is 5.75 Å². The fraction of sp³-hybridized carbons (Fsp3) is 0.188. The average molecular weight is 364 g/mol. The number of nitrogens with one attached hydrogen (secondary N) is 1. The van der Waals surface area contributed by atoms with Crippen molar-refractivity contribution in [1.29, 1.82) is 0 Å². The van der Waals surface area contributed by atoms with E-state index in [-0.39, 0.29) is 11.9 Å². The van der Waals surface area contributed by atoms with E-state index in [1.54, 1.807) is 6.07 Å². The predicted molar refractivity (Wildman–Crippen MR) is 88.2 cm³/mol. The van der Waals surface area contributed by atoms with Crippen LogP contribution in [0.25, 0.3) is 0 Å². The first kappa shape index (κ1) is 14.5. The van der Waals surface area contributed by atoms with Crippen LogP contribution in [0.4, 0.5) is 0 Å². The standard InChI is InChI=1S/C16H14BrNO2S/c17-13-6-5-10(21)9-12(13)16(19)18-14-7-8-20-15-4-2-1-3-11(14)15/h1-6,9,14,21H,7-8H2,(H,18,19). The van der Waals surface area contributed by atoms with Crippen molar-refractivity contribution in [2.24, 2.45) is 0 Å². The lowest BCUT2D eigenvalue weighted by Gasteiger charge is -2.26. The van der Waals surface area contributed by atoms with E-state index < -0.39 is 0 Å². The van der Waals surface area contributed by atoms with E-state index in [0.717, 1.165) is 27.1 Å². The van der Waals surface area contributed by atoms with Crippen LogP contribution in [0.1, 0.15) is 28.4 Å². The minimum absolute atomic E-state index is 0.0297. The predicted octanol–water partition coefficient (Wildman–Crippen LogP) is 3.99. The molecular formula is C16H14BrNO2S. The summed E-state index contributed by atoms with van der Waals surface area (Å²) in [7, 11) is 0. The Hall–Kier alpha value is -1.46. The molecule has 3 rings (SSSR count). The number of ether oxygens (including phenoxy) is 1. The number of carbonyl (C=O) groups excluding carboxylic acids is 1. The van der Waals surface area contributed by atoms with Crippen molar-refractivity contribution < 1.29 is 9.53 Å². The Morgan fingerprint density at radius 1 is 1.29 bits per heavy atom. The minimum Gasteiger partial charge on any atom is -0.493 e. The van der Waals surface area contributed by atoms with E-state index in [4.69, 9.17) is 4.74 Å². The molecule has 0 bridgehead atoms. The van der Waals surface area contributed by atoms with Gasteiger partial charge in [0, 0.05) is 21.4 Å². The van der Waals surface area contributed by atoms with Crippen LogP contribution in [0.2, 0.25) is 0 Å². The Morgan fingerprint density at radius 2 is 2.10 bits per heavy atom. The highest BCUT2D eigenvalue weighted by atomic mass is 79.9. The third-order valence-corrected chi connectivity index (χ3v) is 4.43. The molecule has 3 nitrogen and oxygen atoms in total. The van der Waals surface area contributed by atoms with Gasteiger partial charge in [0.1, 0.15) is 5.75 Å². The molecule has 1 amide bonds. The van der Waals surface area contributed by atoms with Gasteiger partial charge in [0.25, 0.3) is 5.91 Å².